The van der Waals surface area contributed by atoms with Gasteiger partial charge in [-0.15, -0.1) is 24.5 Å². The van der Waals surface area contributed by atoms with Gasteiger partial charge in [0.2, 0.25) is 0 Å². The zero-order valence-electron chi connectivity index (χ0n) is 14.6. The Morgan fingerprint density at radius 3 is 2.50 bits per heavy atom. The molecule has 1 aliphatic rings. The summed E-state index contributed by atoms with van der Waals surface area (Å²) in [5.41, 5.74) is 3.39. The molecular weight excluding hydrogens is 393 g/mol. The predicted octanol–water partition coefficient (Wildman–Crippen LogP) is 4.95. The van der Waals surface area contributed by atoms with Crippen LogP contribution < -0.4 is 14.4 Å². The van der Waals surface area contributed by atoms with E-state index in [4.69, 9.17) is 4.74 Å². The lowest BCUT2D eigenvalue weighted by Crippen LogP contribution is -2.38. The fourth-order valence-electron chi connectivity index (χ4n) is 3.33. The topological polar surface area (TPSA) is 54.8 Å². The third kappa shape index (κ3) is 3.94. The van der Waals surface area contributed by atoms with Crippen molar-refractivity contribution in [1.82, 2.24) is 4.98 Å². The Hall–Kier alpha value is -2.68. The average molecular weight is 410 g/mol. The zero-order valence-corrected chi connectivity index (χ0v) is 15.5. The highest BCUT2D eigenvalue weighted by Gasteiger charge is 2.33. The Kier molecular flexibility index (Phi) is 4.92. The quantitative estimate of drug-likeness (QED) is 0.660. The maximum Gasteiger partial charge on any atom is 0.573 e. The number of piperidine rings is 1. The molecule has 3 aromatic rings. The fourth-order valence-corrected chi connectivity index (χ4v) is 4.05. The molecule has 0 spiro atoms. The van der Waals surface area contributed by atoms with Crippen LogP contribution in [0.25, 0.3) is 10.2 Å². The molecule has 0 unspecified atom stereocenters. The van der Waals surface area contributed by atoms with Gasteiger partial charge < -0.3 is 19.5 Å². The minimum absolute atomic E-state index is 0.0878. The van der Waals surface area contributed by atoms with E-state index in [0.29, 0.717) is 25.9 Å². The van der Waals surface area contributed by atoms with Gasteiger partial charge in [-0.25, -0.2) is 4.98 Å². The molecule has 0 bridgehead atoms. The number of phenols is 1. The van der Waals surface area contributed by atoms with Gasteiger partial charge >= 0.3 is 6.36 Å². The third-order valence-corrected chi connectivity index (χ3v) is 5.44. The van der Waals surface area contributed by atoms with E-state index in [-0.39, 0.29) is 23.4 Å². The molecule has 28 heavy (non-hydrogen) atoms. The van der Waals surface area contributed by atoms with Gasteiger partial charge in [-0.2, -0.15) is 0 Å². The molecule has 0 saturated carbocycles. The van der Waals surface area contributed by atoms with Crippen molar-refractivity contribution in [3.63, 3.8) is 0 Å². The summed E-state index contributed by atoms with van der Waals surface area (Å²) >= 11 is 1.38. The monoisotopic (exact) mass is 410 g/mol. The van der Waals surface area contributed by atoms with Crippen LogP contribution in [0.5, 0.6) is 17.2 Å². The Balaban J connectivity index is 1.44. The van der Waals surface area contributed by atoms with Crippen molar-refractivity contribution >= 4 is 27.2 Å². The Morgan fingerprint density at radius 2 is 1.79 bits per heavy atom. The molecule has 1 N–H and O–H groups in total. The van der Waals surface area contributed by atoms with Crippen LogP contribution in [0.1, 0.15) is 12.8 Å². The molecule has 0 amide bonds. The first kappa shape index (κ1) is 18.7. The minimum atomic E-state index is -4.76. The van der Waals surface area contributed by atoms with Gasteiger partial charge in [-0.05, 0) is 24.3 Å². The van der Waals surface area contributed by atoms with Crippen LogP contribution in [0.15, 0.2) is 41.9 Å². The van der Waals surface area contributed by atoms with Gasteiger partial charge in [0.1, 0.15) is 17.4 Å². The minimum Gasteiger partial charge on any atom is -0.506 e. The molecule has 0 radical (unpaired) electrons. The lowest BCUT2D eigenvalue weighted by atomic mass is 10.1. The number of thiazole rings is 1. The van der Waals surface area contributed by atoms with Gasteiger partial charge in [0.05, 0.1) is 15.9 Å². The summed E-state index contributed by atoms with van der Waals surface area (Å²) in [6, 6.07) is 9.30. The summed E-state index contributed by atoms with van der Waals surface area (Å²) in [5, 5.41) is 9.94. The number of ether oxygens (including phenoxy) is 2. The third-order valence-electron chi connectivity index (χ3n) is 4.59. The second kappa shape index (κ2) is 7.38. The SMILES string of the molecule is Oc1ccc(N2CCC(Oc3ccccc3OC(F)(F)F)CC2)c2ncsc12. The number of hydrogen-bond donors (Lipinski definition) is 1. The van der Waals surface area contributed by atoms with Crippen LogP contribution in [-0.2, 0) is 0 Å². The highest BCUT2D eigenvalue weighted by molar-refractivity contribution is 7.17. The summed E-state index contributed by atoms with van der Waals surface area (Å²) in [5.74, 6) is -0.0364. The first-order chi connectivity index (χ1) is 13.4. The molecule has 1 fully saturated rings. The van der Waals surface area contributed by atoms with Crippen molar-refractivity contribution < 1.29 is 27.8 Å². The lowest BCUT2D eigenvalue weighted by molar-refractivity contribution is -0.275. The van der Waals surface area contributed by atoms with Gasteiger partial charge in [-0.1, -0.05) is 12.1 Å². The first-order valence-electron chi connectivity index (χ1n) is 8.72. The van der Waals surface area contributed by atoms with E-state index in [1.807, 2.05) is 6.07 Å². The molecule has 1 aromatic heterocycles. The Labute approximate surface area is 162 Å². The van der Waals surface area contributed by atoms with Crippen molar-refractivity contribution in [2.24, 2.45) is 0 Å². The summed E-state index contributed by atoms with van der Waals surface area (Å²) < 4.78 is 48.3. The van der Waals surface area contributed by atoms with Crippen LogP contribution in [0.2, 0.25) is 0 Å². The number of aromatic nitrogens is 1. The van der Waals surface area contributed by atoms with E-state index in [1.165, 1.54) is 29.5 Å². The zero-order chi connectivity index (χ0) is 19.7. The van der Waals surface area contributed by atoms with Gasteiger partial charge in [0.25, 0.3) is 0 Å². The van der Waals surface area contributed by atoms with E-state index < -0.39 is 6.36 Å². The first-order valence-corrected chi connectivity index (χ1v) is 9.60. The number of benzene rings is 2. The predicted molar refractivity (Wildman–Crippen MR) is 100 cm³/mol. The maximum atomic E-state index is 12.6. The van der Waals surface area contributed by atoms with Crippen molar-refractivity contribution in [3.8, 4) is 17.2 Å². The molecule has 0 aliphatic carbocycles. The van der Waals surface area contributed by atoms with Crippen LogP contribution in [0.4, 0.5) is 18.9 Å². The largest absolute Gasteiger partial charge is 0.573 e. The highest BCUT2D eigenvalue weighted by atomic mass is 32.1. The van der Waals surface area contributed by atoms with E-state index >= 15 is 0 Å². The normalized spacial score (nSPS) is 15.8. The van der Waals surface area contributed by atoms with Crippen LogP contribution in [0, 0.1) is 0 Å². The summed E-state index contributed by atoms with van der Waals surface area (Å²) in [4.78, 5) is 6.50. The molecule has 2 heterocycles. The van der Waals surface area contributed by atoms with Crippen molar-refractivity contribution in [1.29, 1.82) is 0 Å². The molecule has 5 nitrogen and oxygen atoms in total. The number of anilines is 1. The highest BCUT2D eigenvalue weighted by Crippen LogP contribution is 2.37. The smallest absolute Gasteiger partial charge is 0.506 e. The number of nitrogens with zero attached hydrogens (tertiary/aromatic N) is 2. The van der Waals surface area contributed by atoms with E-state index in [0.717, 1.165) is 15.9 Å². The molecule has 4 rings (SSSR count). The average Bonchev–Trinajstić information content (AvgIpc) is 3.14. The van der Waals surface area contributed by atoms with Crippen LogP contribution in [-0.4, -0.2) is 35.6 Å². The summed E-state index contributed by atoms with van der Waals surface area (Å²) in [6.45, 7) is 1.34. The molecule has 9 heteroatoms. The number of phenolic OH excluding ortho intramolecular Hbond substituents is 1. The van der Waals surface area contributed by atoms with Crippen molar-refractivity contribution in [2.75, 3.05) is 18.0 Å². The van der Waals surface area contributed by atoms with Crippen LogP contribution >= 0.6 is 11.3 Å². The van der Waals surface area contributed by atoms with Crippen molar-refractivity contribution in [3.05, 3.63) is 41.9 Å². The van der Waals surface area contributed by atoms with Gasteiger partial charge in [0.15, 0.2) is 11.5 Å². The van der Waals surface area contributed by atoms with Gasteiger partial charge in [-0.3, -0.25) is 0 Å². The summed E-state index contributed by atoms with van der Waals surface area (Å²) in [7, 11) is 0. The van der Waals surface area contributed by atoms with Gasteiger partial charge in [0, 0.05) is 25.9 Å². The molecule has 2 aromatic carbocycles. The number of halogens is 3. The Morgan fingerprint density at radius 1 is 1.07 bits per heavy atom. The molecule has 1 saturated heterocycles. The van der Waals surface area contributed by atoms with E-state index in [1.54, 1.807) is 17.6 Å². The van der Waals surface area contributed by atoms with Crippen LogP contribution in [0.3, 0.4) is 0 Å². The molecule has 1 aliphatic heterocycles. The van der Waals surface area contributed by atoms with E-state index in [2.05, 4.69) is 14.6 Å². The summed E-state index contributed by atoms with van der Waals surface area (Å²) in [6.07, 6.45) is -3.68. The fraction of sp³-hybridized carbons (Fsp3) is 0.316. The molecule has 148 valence electrons. The molecule has 0 atom stereocenters. The number of aromatic hydroxyl groups is 1. The number of alkyl halides is 3. The number of hydrogen-bond acceptors (Lipinski definition) is 6. The second-order valence-corrected chi connectivity index (χ2v) is 7.29. The second-order valence-electron chi connectivity index (χ2n) is 6.43. The number of para-hydroxylation sites is 2. The standard InChI is InChI=1S/C19H17F3N2O3S/c20-19(21,22)27-16-4-2-1-3-15(16)26-12-7-9-24(10-8-12)13-5-6-14(25)18-17(13)23-11-28-18/h1-6,11-12,25H,7-10H2. The molecular formula is C19H17F3N2O3S. The number of fused-ring (bicyclic) bond motifs is 1. The van der Waals surface area contributed by atoms with Crippen molar-refractivity contribution in [2.45, 2.75) is 25.3 Å². The van der Waals surface area contributed by atoms with E-state index in [9.17, 15) is 18.3 Å². The lowest BCUT2D eigenvalue weighted by Gasteiger charge is -2.34. The Bertz CT molecular complexity index is 968. The maximum absolute atomic E-state index is 12.6. The number of rotatable bonds is 4.